The number of H-pyrrole nitrogens is 1. The Morgan fingerprint density at radius 1 is 1.19 bits per heavy atom. The van der Waals surface area contributed by atoms with Crippen LogP contribution in [0.5, 0.6) is 0 Å². The zero-order chi connectivity index (χ0) is 15.5. The van der Waals surface area contributed by atoms with Crippen LogP contribution in [-0.4, -0.2) is 24.7 Å². The third-order valence-electron chi connectivity index (χ3n) is 2.96. The molecule has 6 nitrogen and oxygen atoms in total. The van der Waals surface area contributed by atoms with Gasteiger partial charge in [-0.3, -0.25) is 5.10 Å². The van der Waals surface area contributed by atoms with Crippen molar-refractivity contribution >= 4 is 15.7 Å². The maximum Gasteiger partial charge on any atom is 0.242 e. The first-order valence-corrected chi connectivity index (χ1v) is 8.25. The molecule has 0 saturated carbocycles. The van der Waals surface area contributed by atoms with Crippen LogP contribution in [0.4, 0.5) is 5.69 Å². The second-order valence-corrected chi connectivity index (χ2v) is 6.85. The van der Waals surface area contributed by atoms with Gasteiger partial charge in [0.25, 0.3) is 0 Å². The van der Waals surface area contributed by atoms with Gasteiger partial charge in [0, 0.05) is 17.8 Å². The summed E-state index contributed by atoms with van der Waals surface area (Å²) in [5.74, 6) is 0. The number of hydrogen-bond donors (Lipinski definition) is 3. The molecule has 2 aromatic rings. The molecular weight excluding hydrogens is 288 g/mol. The van der Waals surface area contributed by atoms with Crippen molar-refractivity contribution in [2.75, 3.05) is 5.32 Å². The van der Waals surface area contributed by atoms with E-state index in [0.717, 1.165) is 5.56 Å². The van der Waals surface area contributed by atoms with Crippen LogP contribution in [-0.2, 0) is 10.0 Å². The van der Waals surface area contributed by atoms with Crippen LogP contribution < -0.4 is 10.0 Å². The molecule has 1 atom stereocenters. The quantitative estimate of drug-likeness (QED) is 0.764. The molecule has 1 aromatic carbocycles. The number of nitrogens with zero attached hydrogens (tertiary/aromatic N) is 1. The van der Waals surface area contributed by atoms with Crippen LogP contribution in [0.15, 0.2) is 41.6 Å². The number of sulfonamides is 1. The molecule has 0 saturated heterocycles. The normalized spacial score (nSPS) is 13.3. The van der Waals surface area contributed by atoms with Crippen molar-refractivity contribution in [3.8, 4) is 0 Å². The minimum absolute atomic E-state index is 0.0563. The zero-order valence-corrected chi connectivity index (χ0v) is 13.1. The van der Waals surface area contributed by atoms with Gasteiger partial charge in [-0.1, -0.05) is 12.1 Å². The SMILES string of the molecule is CC(C)NS(=O)(=O)c1ccccc1NC(C)c1cn[nH]c1. The molecule has 0 spiro atoms. The summed E-state index contributed by atoms with van der Waals surface area (Å²) in [6, 6.07) is 6.65. The van der Waals surface area contributed by atoms with Gasteiger partial charge in [0.15, 0.2) is 0 Å². The summed E-state index contributed by atoms with van der Waals surface area (Å²) in [7, 11) is -3.54. The van der Waals surface area contributed by atoms with E-state index >= 15 is 0 Å². The van der Waals surface area contributed by atoms with Gasteiger partial charge in [-0.2, -0.15) is 5.10 Å². The lowest BCUT2D eigenvalue weighted by Gasteiger charge is -2.18. The van der Waals surface area contributed by atoms with E-state index in [0.29, 0.717) is 5.69 Å². The van der Waals surface area contributed by atoms with Crippen LogP contribution in [0.2, 0.25) is 0 Å². The largest absolute Gasteiger partial charge is 0.377 e. The van der Waals surface area contributed by atoms with Crippen molar-refractivity contribution in [3.63, 3.8) is 0 Å². The van der Waals surface area contributed by atoms with E-state index in [1.165, 1.54) is 0 Å². The van der Waals surface area contributed by atoms with Gasteiger partial charge < -0.3 is 5.32 Å². The van der Waals surface area contributed by atoms with Crippen molar-refractivity contribution in [3.05, 3.63) is 42.2 Å². The van der Waals surface area contributed by atoms with E-state index in [1.807, 2.05) is 6.92 Å². The number of nitrogens with one attached hydrogen (secondary N) is 3. The van der Waals surface area contributed by atoms with E-state index < -0.39 is 10.0 Å². The molecular formula is C14H20N4O2S. The first-order valence-electron chi connectivity index (χ1n) is 6.76. The lowest BCUT2D eigenvalue weighted by atomic mass is 10.2. The topological polar surface area (TPSA) is 86.9 Å². The summed E-state index contributed by atoms with van der Waals surface area (Å²) < 4.78 is 27.3. The maximum atomic E-state index is 12.4. The van der Waals surface area contributed by atoms with Gasteiger partial charge in [-0.15, -0.1) is 0 Å². The van der Waals surface area contributed by atoms with Gasteiger partial charge in [0.05, 0.1) is 17.9 Å². The van der Waals surface area contributed by atoms with Crippen molar-refractivity contribution in [1.82, 2.24) is 14.9 Å². The molecule has 2 rings (SSSR count). The van der Waals surface area contributed by atoms with Crippen LogP contribution >= 0.6 is 0 Å². The average Bonchev–Trinajstić information content (AvgIpc) is 2.91. The molecule has 3 N–H and O–H groups in total. The van der Waals surface area contributed by atoms with E-state index in [2.05, 4.69) is 20.2 Å². The molecule has 0 radical (unpaired) electrons. The van der Waals surface area contributed by atoms with E-state index in [4.69, 9.17) is 0 Å². The number of aromatic nitrogens is 2. The van der Waals surface area contributed by atoms with Crippen LogP contribution in [0, 0.1) is 0 Å². The van der Waals surface area contributed by atoms with E-state index in [1.54, 1.807) is 50.5 Å². The van der Waals surface area contributed by atoms with Crippen molar-refractivity contribution in [2.24, 2.45) is 0 Å². The fourth-order valence-electron chi connectivity index (χ4n) is 2.01. The van der Waals surface area contributed by atoms with Crippen LogP contribution in [0.25, 0.3) is 0 Å². The number of anilines is 1. The maximum absolute atomic E-state index is 12.4. The molecule has 21 heavy (non-hydrogen) atoms. The predicted molar refractivity (Wildman–Crippen MR) is 82.5 cm³/mol. The minimum Gasteiger partial charge on any atom is -0.377 e. The summed E-state index contributed by atoms with van der Waals surface area (Å²) in [5.41, 5.74) is 1.53. The van der Waals surface area contributed by atoms with E-state index in [-0.39, 0.29) is 17.0 Å². The van der Waals surface area contributed by atoms with Gasteiger partial charge in [-0.25, -0.2) is 13.1 Å². The summed E-state index contributed by atoms with van der Waals surface area (Å²) in [6.07, 6.45) is 3.49. The van der Waals surface area contributed by atoms with Crippen molar-refractivity contribution in [1.29, 1.82) is 0 Å². The Balaban J connectivity index is 2.29. The third-order valence-corrected chi connectivity index (χ3v) is 4.68. The molecule has 1 heterocycles. The Kier molecular flexibility index (Phi) is 4.64. The van der Waals surface area contributed by atoms with E-state index in [9.17, 15) is 8.42 Å². The Bertz CT molecular complexity index is 681. The summed E-state index contributed by atoms with van der Waals surface area (Å²) in [4.78, 5) is 0.244. The van der Waals surface area contributed by atoms with Crippen LogP contribution in [0.3, 0.4) is 0 Å². The summed E-state index contributed by atoms with van der Waals surface area (Å²) in [6.45, 7) is 5.54. The average molecular weight is 308 g/mol. The van der Waals surface area contributed by atoms with Gasteiger partial charge in [-0.05, 0) is 32.9 Å². The highest BCUT2D eigenvalue weighted by Crippen LogP contribution is 2.25. The molecule has 0 fully saturated rings. The number of rotatable bonds is 6. The van der Waals surface area contributed by atoms with Crippen molar-refractivity contribution < 1.29 is 8.42 Å². The first-order chi connectivity index (χ1) is 9.90. The van der Waals surface area contributed by atoms with Crippen LogP contribution in [0.1, 0.15) is 32.4 Å². The second-order valence-electron chi connectivity index (χ2n) is 5.17. The molecule has 114 valence electrons. The second kappa shape index (κ2) is 6.28. The standard InChI is InChI=1S/C14H20N4O2S/c1-10(2)18-21(19,20)14-7-5-4-6-13(14)17-11(3)12-8-15-16-9-12/h4-11,17-18H,1-3H3,(H,15,16). The van der Waals surface area contributed by atoms with Crippen molar-refractivity contribution in [2.45, 2.75) is 37.8 Å². The smallest absolute Gasteiger partial charge is 0.242 e. The number of hydrogen-bond acceptors (Lipinski definition) is 4. The molecule has 1 aromatic heterocycles. The molecule has 7 heteroatoms. The Labute approximate surface area is 125 Å². The lowest BCUT2D eigenvalue weighted by Crippen LogP contribution is -2.30. The number of para-hydroxylation sites is 1. The summed E-state index contributed by atoms with van der Waals surface area (Å²) in [5, 5.41) is 9.86. The first kappa shape index (κ1) is 15.5. The zero-order valence-electron chi connectivity index (χ0n) is 12.3. The van der Waals surface area contributed by atoms with Gasteiger partial charge in [0.2, 0.25) is 10.0 Å². The lowest BCUT2D eigenvalue weighted by molar-refractivity contribution is 0.570. The Hall–Kier alpha value is -1.86. The number of benzene rings is 1. The number of aromatic amines is 1. The van der Waals surface area contributed by atoms with Gasteiger partial charge >= 0.3 is 0 Å². The molecule has 0 bridgehead atoms. The molecule has 0 aliphatic heterocycles. The highest BCUT2D eigenvalue weighted by Gasteiger charge is 2.20. The molecule has 0 aliphatic rings. The fourth-order valence-corrected chi connectivity index (χ4v) is 3.43. The summed E-state index contributed by atoms with van der Waals surface area (Å²) >= 11 is 0. The monoisotopic (exact) mass is 308 g/mol. The Morgan fingerprint density at radius 2 is 1.90 bits per heavy atom. The highest BCUT2D eigenvalue weighted by molar-refractivity contribution is 7.89. The van der Waals surface area contributed by atoms with Gasteiger partial charge in [0.1, 0.15) is 4.90 Å². The predicted octanol–water partition coefficient (Wildman–Crippen LogP) is 2.27. The molecule has 0 aliphatic carbocycles. The third kappa shape index (κ3) is 3.83. The molecule has 0 amide bonds. The highest BCUT2D eigenvalue weighted by atomic mass is 32.2. The Morgan fingerprint density at radius 3 is 2.52 bits per heavy atom. The molecule has 1 unspecified atom stereocenters. The minimum atomic E-state index is -3.54. The fraction of sp³-hybridized carbons (Fsp3) is 0.357.